The molecular weight excluding hydrogens is 258 g/mol. The number of thioether (sulfide) groups is 1. The number of carboxylic acids is 1. The van der Waals surface area contributed by atoms with Gasteiger partial charge in [0.15, 0.2) is 0 Å². The Labute approximate surface area is 118 Å². The van der Waals surface area contributed by atoms with Crippen LogP contribution in [-0.2, 0) is 11.2 Å². The Morgan fingerprint density at radius 2 is 2.32 bits per heavy atom. The Morgan fingerprint density at radius 3 is 3.00 bits per heavy atom. The predicted octanol–water partition coefficient (Wildman–Crippen LogP) is 3.21. The summed E-state index contributed by atoms with van der Waals surface area (Å²) in [5.41, 5.74) is 2.55. The number of rotatable bonds is 6. The number of aliphatic carboxylic acids is 1. The highest BCUT2D eigenvalue weighted by Crippen LogP contribution is 2.33. The molecule has 0 spiro atoms. The zero-order chi connectivity index (χ0) is 13.7. The van der Waals surface area contributed by atoms with Gasteiger partial charge in [-0.3, -0.25) is 10.1 Å². The van der Waals surface area contributed by atoms with Crippen LogP contribution in [0.1, 0.15) is 42.7 Å². The molecule has 0 aliphatic carbocycles. The number of aryl methyl sites for hydroxylation is 1. The van der Waals surface area contributed by atoms with Gasteiger partial charge in [-0.25, -0.2) is 0 Å². The number of hydrogen-bond acceptors (Lipinski definition) is 3. The lowest BCUT2D eigenvalue weighted by Crippen LogP contribution is -2.33. The Balaban J connectivity index is 1.97. The molecule has 1 fully saturated rings. The lowest BCUT2D eigenvalue weighted by atomic mass is 10.0. The molecule has 2 rings (SSSR count). The molecule has 1 heterocycles. The van der Waals surface area contributed by atoms with Crippen LogP contribution in [0.5, 0.6) is 0 Å². The predicted molar refractivity (Wildman–Crippen MR) is 79.4 cm³/mol. The smallest absolute Gasteiger partial charge is 0.321 e. The van der Waals surface area contributed by atoms with Gasteiger partial charge in [-0.15, -0.1) is 11.8 Å². The van der Waals surface area contributed by atoms with E-state index < -0.39 is 12.0 Å². The number of carboxylic acid groups (broad SMARTS) is 1. The fourth-order valence-electron chi connectivity index (χ4n) is 2.30. The van der Waals surface area contributed by atoms with Crippen LogP contribution in [-0.4, -0.2) is 22.9 Å². The molecule has 1 aliphatic rings. The molecule has 104 valence electrons. The second-order valence-corrected chi connectivity index (χ2v) is 6.11. The van der Waals surface area contributed by atoms with Gasteiger partial charge in [0.05, 0.1) is 5.37 Å². The summed E-state index contributed by atoms with van der Waals surface area (Å²) in [5, 5.41) is 12.3. The molecule has 1 aromatic carbocycles. The van der Waals surface area contributed by atoms with Gasteiger partial charge in [0.1, 0.15) is 6.04 Å². The van der Waals surface area contributed by atoms with E-state index in [9.17, 15) is 4.79 Å². The summed E-state index contributed by atoms with van der Waals surface area (Å²) in [4.78, 5) is 10.9. The second-order valence-electron chi connectivity index (χ2n) is 4.97. The lowest BCUT2D eigenvalue weighted by molar-refractivity contribution is -0.138. The summed E-state index contributed by atoms with van der Waals surface area (Å²) in [6, 6.07) is 8.11. The summed E-state index contributed by atoms with van der Waals surface area (Å²) in [7, 11) is 0. The molecule has 19 heavy (non-hydrogen) atoms. The molecule has 3 nitrogen and oxygen atoms in total. The monoisotopic (exact) mass is 279 g/mol. The van der Waals surface area contributed by atoms with E-state index in [-0.39, 0.29) is 5.37 Å². The first-order chi connectivity index (χ1) is 9.20. The van der Waals surface area contributed by atoms with Crippen molar-refractivity contribution in [3.63, 3.8) is 0 Å². The van der Waals surface area contributed by atoms with Crippen molar-refractivity contribution < 1.29 is 9.90 Å². The Morgan fingerprint density at radius 1 is 1.47 bits per heavy atom. The van der Waals surface area contributed by atoms with Crippen molar-refractivity contribution in [2.24, 2.45) is 0 Å². The average Bonchev–Trinajstić information content (AvgIpc) is 2.89. The normalized spacial score (nSPS) is 22.6. The number of hydrogen-bond donors (Lipinski definition) is 2. The molecular formula is C15H21NO2S. The van der Waals surface area contributed by atoms with Gasteiger partial charge in [-0.05, 0) is 24.0 Å². The van der Waals surface area contributed by atoms with Crippen LogP contribution in [0.4, 0.5) is 0 Å². The first-order valence-corrected chi connectivity index (χ1v) is 7.95. The van der Waals surface area contributed by atoms with Crippen molar-refractivity contribution in [2.45, 2.75) is 44.0 Å². The number of carbonyl (C=O) groups is 1. The van der Waals surface area contributed by atoms with Crippen LogP contribution in [0, 0.1) is 0 Å². The molecule has 0 bridgehead atoms. The minimum atomic E-state index is -0.755. The molecule has 0 amide bonds. The molecule has 4 heteroatoms. The van der Waals surface area contributed by atoms with E-state index in [1.165, 1.54) is 30.4 Å². The third-order valence-corrected chi connectivity index (χ3v) is 4.67. The molecule has 1 aliphatic heterocycles. The zero-order valence-electron chi connectivity index (χ0n) is 11.3. The Hall–Kier alpha value is -1.00. The van der Waals surface area contributed by atoms with E-state index in [0.29, 0.717) is 5.75 Å². The van der Waals surface area contributed by atoms with Gasteiger partial charge >= 0.3 is 5.97 Å². The quantitative estimate of drug-likeness (QED) is 0.785. The number of unbranched alkanes of at least 4 members (excludes halogenated alkanes) is 2. The van der Waals surface area contributed by atoms with E-state index in [1.807, 2.05) is 0 Å². The SMILES string of the molecule is CCCCCc1cccc([C@H]2N[C@H](C(=O)O)CS2)c1. The third-order valence-electron chi connectivity index (χ3n) is 3.40. The van der Waals surface area contributed by atoms with E-state index in [0.717, 1.165) is 6.42 Å². The highest BCUT2D eigenvalue weighted by molar-refractivity contribution is 7.99. The highest BCUT2D eigenvalue weighted by atomic mass is 32.2. The van der Waals surface area contributed by atoms with Crippen molar-refractivity contribution in [3.8, 4) is 0 Å². The first-order valence-electron chi connectivity index (χ1n) is 6.90. The van der Waals surface area contributed by atoms with Crippen LogP contribution in [0.25, 0.3) is 0 Å². The largest absolute Gasteiger partial charge is 0.480 e. The molecule has 2 N–H and O–H groups in total. The summed E-state index contributed by atoms with van der Waals surface area (Å²) < 4.78 is 0. The minimum Gasteiger partial charge on any atom is -0.480 e. The average molecular weight is 279 g/mol. The molecule has 1 aromatic rings. The van der Waals surface area contributed by atoms with Gasteiger partial charge < -0.3 is 5.11 Å². The number of nitrogens with one attached hydrogen (secondary N) is 1. The number of benzene rings is 1. The first kappa shape index (κ1) is 14.4. The van der Waals surface area contributed by atoms with Crippen LogP contribution in [0.3, 0.4) is 0 Å². The van der Waals surface area contributed by atoms with Crippen molar-refractivity contribution in [1.82, 2.24) is 5.32 Å². The van der Waals surface area contributed by atoms with Crippen LogP contribution < -0.4 is 5.32 Å². The third kappa shape index (κ3) is 3.98. The molecule has 0 aromatic heterocycles. The maximum atomic E-state index is 10.9. The van der Waals surface area contributed by atoms with E-state index in [1.54, 1.807) is 11.8 Å². The molecule has 0 radical (unpaired) electrons. The minimum absolute atomic E-state index is 0.118. The van der Waals surface area contributed by atoms with Gasteiger partial charge in [-0.1, -0.05) is 44.0 Å². The van der Waals surface area contributed by atoms with Gasteiger partial charge in [0, 0.05) is 5.75 Å². The van der Waals surface area contributed by atoms with Crippen molar-refractivity contribution in [1.29, 1.82) is 0 Å². The molecule has 0 saturated carbocycles. The fraction of sp³-hybridized carbons (Fsp3) is 0.533. The highest BCUT2D eigenvalue weighted by Gasteiger charge is 2.30. The van der Waals surface area contributed by atoms with E-state index in [2.05, 4.69) is 36.5 Å². The van der Waals surface area contributed by atoms with Crippen LogP contribution in [0.15, 0.2) is 24.3 Å². The summed E-state index contributed by atoms with van der Waals surface area (Å²) in [6.45, 7) is 2.21. The van der Waals surface area contributed by atoms with Crippen LogP contribution in [0.2, 0.25) is 0 Å². The topological polar surface area (TPSA) is 49.3 Å². The van der Waals surface area contributed by atoms with Crippen molar-refractivity contribution in [3.05, 3.63) is 35.4 Å². The second kappa shape index (κ2) is 6.96. The summed E-state index contributed by atoms with van der Waals surface area (Å²) >= 11 is 1.68. The van der Waals surface area contributed by atoms with Crippen LogP contribution >= 0.6 is 11.8 Å². The zero-order valence-corrected chi connectivity index (χ0v) is 12.1. The Bertz CT molecular complexity index is 436. The van der Waals surface area contributed by atoms with Crippen molar-refractivity contribution in [2.75, 3.05) is 5.75 Å². The van der Waals surface area contributed by atoms with E-state index in [4.69, 9.17) is 5.11 Å². The maximum Gasteiger partial charge on any atom is 0.321 e. The summed E-state index contributed by atoms with van der Waals surface area (Å²) in [6.07, 6.45) is 4.84. The Kier molecular flexibility index (Phi) is 5.28. The van der Waals surface area contributed by atoms with Crippen molar-refractivity contribution >= 4 is 17.7 Å². The molecule has 1 saturated heterocycles. The molecule has 0 unspecified atom stereocenters. The summed E-state index contributed by atoms with van der Waals surface area (Å²) in [5.74, 6) is -0.117. The van der Waals surface area contributed by atoms with Gasteiger partial charge in [0.25, 0.3) is 0 Å². The standard InChI is InChI=1S/C15H21NO2S/c1-2-3-4-6-11-7-5-8-12(9-11)14-16-13(10-19-14)15(17)18/h5,7-9,13-14,16H,2-4,6,10H2,1H3,(H,17,18)/t13-,14-/m0/s1. The fourth-order valence-corrected chi connectivity index (χ4v) is 3.52. The van der Waals surface area contributed by atoms with Gasteiger partial charge in [0.2, 0.25) is 0 Å². The molecule has 2 atom stereocenters. The van der Waals surface area contributed by atoms with E-state index >= 15 is 0 Å². The van der Waals surface area contributed by atoms with Gasteiger partial charge in [-0.2, -0.15) is 0 Å². The lowest BCUT2D eigenvalue weighted by Gasteiger charge is -2.12. The maximum absolute atomic E-state index is 10.9.